The van der Waals surface area contributed by atoms with Crippen molar-refractivity contribution in [2.75, 3.05) is 32.0 Å². The third-order valence-corrected chi connectivity index (χ3v) is 9.08. The van der Waals surface area contributed by atoms with Gasteiger partial charge in [0.15, 0.2) is 12.6 Å². The number of carbonyl (C=O) groups is 3. The van der Waals surface area contributed by atoms with Crippen LogP contribution < -0.4 is 14.4 Å². The van der Waals surface area contributed by atoms with Crippen molar-refractivity contribution in [3.05, 3.63) is 102 Å². The van der Waals surface area contributed by atoms with E-state index >= 15 is 0 Å². The molecule has 1 saturated heterocycles. The highest BCUT2D eigenvalue weighted by Gasteiger charge is 2.45. The largest absolute Gasteiger partial charge is 0.493 e. The molecule has 13 heteroatoms. The van der Waals surface area contributed by atoms with Crippen LogP contribution in [0.15, 0.2) is 85.1 Å². The first-order chi connectivity index (χ1) is 27.1. The Bertz CT molecular complexity index is 1870. The van der Waals surface area contributed by atoms with Crippen molar-refractivity contribution in [1.29, 1.82) is 0 Å². The Morgan fingerprint density at radius 2 is 1.74 bits per heavy atom. The average Bonchev–Trinajstić information content (AvgIpc) is 3.48. The number of fused-ring (bicyclic) bond motifs is 2. The van der Waals surface area contributed by atoms with Crippen molar-refractivity contribution in [3.63, 3.8) is 0 Å². The predicted molar refractivity (Wildman–Crippen MR) is 213 cm³/mol. The molecule has 0 spiro atoms. The van der Waals surface area contributed by atoms with Crippen molar-refractivity contribution in [1.82, 2.24) is 4.98 Å². The Labute approximate surface area is 334 Å². The van der Waals surface area contributed by atoms with Crippen molar-refractivity contribution in [2.45, 2.75) is 97.1 Å². The molecule has 0 saturated carbocycles. The number of nitrogens with zero attached hydrogens (tertiary/aromatic N) is 2. The molecule has 1 aromatic heterocycles. The first-order valence-electron chi connectivity index (χ1n) is 19.2. The summed E-state index contributed by atoms with van der Waals surface area (Å²) in [5.41, 5.74) is 0.379. The highest BCUT2D eigenvalue weighted by atomic mass is 16.8. The van der Waals surface area contributed by atoms with E-state index in [2.05, 4.69) is 4.98 Å². The first kappa shape index (κ1) is 42.9. The standard InChI is InChI=1S/C44H54N2O11/c1-29-21-22-34(54-40(47)31-16-10-9-11-17-31)39-35(55-44(6,7)56-39)19-14-18-32-26-33(27-36(52-28-50-8)38(32)41(48)53-30(29)2)51-25-15-24-46(37-20-12-13-23-45-37)42(49)57-43(3,4)5/h9-14,16-18,20-23,26-27,29-30,34-35,39H,15,19,24-25,28H2,1-8H3/b18-14?,22-21-/t29-,30?,34?,35?,39?/m1/s1. The lowest BCUT2D eigenvalue weighted by Gasteiger charge is -2.26. The van der Waals surface area contributed by atoms with Gasteiger partial charge in [-0.2, -0.15) is 0 Å². The second kappa shape index (κ2) is 19.3. The Morgan fingerprint density at radius 1 is 0.982 bits per heavy atom. The summed E-state index contributed by atoms with van der Waals surface area (Å²) in [6, 6.07) is 17.4. The molecule has 0 N–H and O–H groups in total. The SMILES string of the molecule is COCOc1cc(OCCCN(C(=O)OC(C)(C)C)c2ccccn2)cc2c1C(=O)OC(C)[C@H](C)/C=C\C(OC(=O)c1ccccc1)C1OC(C)(C)OC1CC=C2. The summed E-state index contributed by atoms with van der Waals surface area (Å²) in [4.78, 5) is 46.2. The van der Waals surface area contributed by atoms with E-state index in [-0.39, 0.29) is 37.2 Å². The van der Waals surface area contributed by atoms with Gasteiger partial charge in [0.05, 0.1) is 18.3 Å². The lowest BCUT2D eigenvalue weighted by atomic mass is 9.98. The van der Waals surface area contributed by atoms with E-state index in [4.69, 9.17) is 37.9 Å². The predicted octanol–water partition coefficient (Wildman–Crippen LogP) is 8.18. The number of methoxy groups -OCH3 is 1. The maximum absolute atomic E-state index is 14.0. The van der Waals surface area contributed by atoms with Crippen LogP contribution >= 0.6 is 0 Å². The van der Waals surface area contributed by atoms with Gasteiger partial charge in [0, 0.05) is 31.8 Å². The van der Waals surface area contributed by atoms with Crippen LogP contribution in [0.2, 0.25) is 0 Å². The van der Waals surface area contributed by atoms with Crippen molar-refractivity contribution in [2.24, 2.45) is 5.92 Å². The lowest BCUT2D eigenvalue weighted by molar-refractivity contribution is -0.152. The number of hydrogen-bond donors (Lipinski definition) is 0. The molecular weight excluding hydrogens is 732 g/mol. The summed E-state index contributed by atoms with van der Waals surface area (Å²) in [6.07, 6.45) is 6.57. The maximum Gasteiger partial charge on any atom is 0.416 e. The number of amides is 1. The molecule has 4 unspecified atom stereocenters. The molecule has 2 aliphatic rings. The molecular formula is C44H54N2O11. The van der Waals surface area contributed by atoms with Gasteiger partial charge in [0.1, 0.15) is 46.8 Å². The normalized spacial score (nSPS) is 22.5. The highest BCUT2D eigenvalue weighted by molar-refractivity contribution is 5.97. The molecule has 5 rings (SSSR count). The van der Waals surface area contributed by atoms with Gasteiger partial charge in [0.25, 0.3) is 0 Å². The molecule has 0 aliphatic carbocycles. The molecule has 2 aromatic carbocycles. The van der Waals surface area contributed by atoms with Gasteiger partial charge in [-0.25, -0.2) is 19.4 Å². The summed E-state index contributed by atoms with van der Waals surface area (Å²) >= 11 is 0. The minimum atomic E-state index is -0.962. The van der Waals surface area contributed by atoms with Crippen molar-refractivity contribution >= 4 is 29.9 Å². The number of carbonyl (C=O) groups excluding carboxylic acids is 3. The zero-order valence-corrected chi connectivity index (χ0v) is 34.0. The summed E-state index contributed by atoms with van der Waals surface area (Å²) in [5, 5.41) is 0. The van der Waals surface area contributed by atoms with Crippen molar-refractivity contribution < 1.29 is 52.3 Å². The molecule has 0 bridgehead atoms. The zero-order chi connectivity index (χ0) is 41.2. The lowest BCUT2D eigenvalue weighted by Crippen LogP contribution is -2.38. The van der Waals surface area contributed by atoms with E-state index in [1.807, 2.05) is 39.0 Å². The molecule has 3 heterocycles. The van der Waals surface area contributed by atoms with Crippen LogP contribution in [0, 0.1) is 5.92 Å². The Morgan fingerprint density at radius 3 is 2.44 bits per heavy atom. The summed E-state index contributed by atoms with van der Waals surface area (Å²) in [5.74, 6) is -1.28. The van der Waals surface area contributed by atoms with E-state index in [1.54, 1.807) is 101 Å². The van der Waals surface area contributed by atoms with E-state index in [1.165, 1.54) is 12.0 Å². The fourth-order valence-corrected chi connectivity index (χ4v) is 6.23. The van der Waals surface area contributed by atoms with Crippen LogP contribution in [0.4, 0.5) is 10.6 Å². The summed E-state index contributed by atoms with van der Waals surface area (Å²) in [7, 11) is 1.48. The number of ether oxygens (including phenoxy) is 8. The van der Waals surface area contributed by atoms with Crippen molar-refractivity contribution in [3.8, 4) is 11.5 Å². The van der Waals surface area contributed by atoms with E-state index in [9.17, 15) is 14.4 Å². The average molecular weight is 787 g/mol. The topological polar surface area (TPSA) is 141 Å². The van der Waals surface area contributed by atoms with Crippen LogP contribution in [0.1, 0.15) is 87.6 Å². The monoisotopic (exact) mass is 786 g/mol. The van der Waals surface area contributed by atoms with E-state index < -0.39 is 53.8 Å². The molecule has 5 atom stereocenters. The van der Waals surface area contributed by atoms with Gasteiger partial charge in [0.2, 0.25) is 0 Å². The molecule has 3 aromatic rings. The maximum atomic E-state index is 14.0. The summed E-state index contributed by atoms with van der Waals surface area (Å²) < 4.78 is 47.8. The third-order valence-electron chi connectivity index (χ3n) is 9.08. The van der Waals surface area contributed by atoms with Gasteiger partial charge in [-0.1, -0.05) is 49.4 Å². The molecule has 0 radical (unpaired) electrons. The smallest absolute Gasteiger partial charge is 0.416 e. The quantitative estimate of drug-likeness (QED) is 0.0609. The minimum Gasteiger partial charge on any atom is -0.493 e. The number of esters is 2. The highest BCUT2D eigenvalue weighted by Crippen LogP contribution is 2.36. The Kier molecular flexibility index (Phi) is 14.5. The van der Waals surface area contributed by atoms with Gasteiger partial charge < -0.3 is 37.9 Å². The first-order valence-corrected chi connectivity index (χ1v) is 19.2. The van der Waals surface area contributed by atoms with E-state index in [0.29, 0.717) is 35.5 Å². The fraction of sp³-hybridized carbons (Fsp3) is 0.455. The van der Waals surface area contributed by atoms with Crippen LogP contribution in [0.25, 0.3) is 6.08 Å². The van der Waals surface area contributed by atoms with Gasteiger partial charge in [-0.05, 0) is 96.4 Å². The third kappa shape index (κ3) is 12.1. The number of hydrogen-bond acceptors (Lipinski definition) is 12. The number of pyridine rings is 1. The van der Waals surface area contributed by atoms with Crippen LogP contribution in [0.3, 0.4) is 0 Å². The zero-order valence-electron chi connectivity index (χ0n) is 34.0. The number of benzene rings is 2. The number of aromatic nitrogens is 1. The summed E-state index contributed by atoms with van der Waals surface area (Å²) in [6.45, 7) is 13.1. The van der Waals surface area contributed by atoms with Gasteiger partial charge >= 0.3 is 18.0 Å². The molecule has 13 nitrogen and oxygen atoms in total. The number of rotatable bonds is 11. The molecule has 1 fully saturated rings. The molecule has 2 aliphatic heterocycles. The van der Waals surface area contributed by atoms with Crippen LogP contribution in [-0.2, 0) is 28.4 Å². The second-order valence-corrected chi connectivity index (χ2v) is 15.3. The molecule has 306 valence electrons. The Balaban J connectivity index is 1.43. The molecule has 57 heavy (non-hydrogen) atoms. The van der Waals surface area contributed by atoms with Gasteiger partial charge in [-0.3, -0.25) is 4.90 Å². The second-order valence-electron chi connectivity index (χ2n) is 15.3. The minimum absolute atomic E-state index is 0.135. The fourth-order valence-electron chi connectivity index (χ4n) is 6.23. The van der Waals surface area contributed by atoms with Gasteiger partial charge in [-0.15, -0.1) is 0 Å². The number of cyclic esters (lactones) is 1. The Hall–Kier alpha value is -5.24. The van der Waals surface area contributed by atoms with Crippen LogP contribution in [0.5, 0.6) is 11.5 Å². The van der Waals surface area contributed by atoms with E-state index in [0.717, 1.165) is 0 Å². The van der Waals surface area contributed by atoms with Crippen LogP contribution in [-0.4, -0.2) is 85.9 Å². The number of anilines is 1. The molecule has 1 amide bonds.